The Kier molecular flexibility index (Phi) is 3.71. The molecular weight excluding hydrogens is 231 g/mol. The van der Waals surface area contributed by atoms with Gasteiger partial charge < -0.3 is 15.2 Å². The minimum absolute atomic E-state index is 0.0169. The Morgan fingerprint density at radius 1 is 0.778 bits per heavy atom. The molecule has 0 heterocycles. The van der Waals surface area contributed by atoms with Crippen molar-refractivity contribution in [3.8, 4) is 5.75 Å². The van der Waals surface area contributed by atoms with E-state index in [1.807, 2.05) is 0 Å². The molecule has 2 aromatic rings. The lowest BCUT2D eigenvalue weighted by Crippen LogP contribution is -2.29. The first kappa shape index (κ1) is 12.3. The molecule has 0 saturated carbocycles. The van der Waals surface area contributed by atoms with Crippen molar-refractivity contribution in [1.82, 2.24) is 0 Å². The quantitative estimate of drug-likeness (QED) is 0.562. The minimum atomic E-state index is -1.61. The second kappa shape index (κ2) is 5.44. The zero-order chi connectivity index (χ0) is 13.0. The van der Waals surface area contributed by atoms with E-state index >= 15 is 0 Å². The summed E-state index contributed by atoms with van der Waals surface area (Å²) in [5.74, 6) is 0.0169. The van der Waals surface area contributed by atoms with E-state index in [1.54, 1.807) is 42.5 Å². The highest BCUT2D eigenvalue weighted by Crippen LogP contribution is 2.26. The van der Waals surface area contributed by atoms with Gasteiger partial charge in [-0.25, -0.2) is 0 Å². The van der Waals surface area contributed by atoms with Gasteiger partial charge in [0.1, 0.15) is 11.4 Å². The van der Waals surface area contributed by atoms with Gasteiger partial charge in [0.25, 0.3) is 0 Å². The van der Waals surface area contributed by atoms with Crippen LogP contribution in [0.5, 0.6) is 5.75 Å². The number of para-hydroxylation sites is 1. The van der Waals surface area contributed by atoms with Crippen LogP contribution in [-0.4, -0.2) is 22.3 Å². The number of hydrogen-bond acceptors (Lipinski definition) is 5. The van der Waals surface area contributed by atoms with Crippen molar-refractivity contribution < 1.29 is 15.2 Å². The largest absolute Gasteiger partial charge is 0.506 e. The number of nitrogens with zero attached hydrogens (tertiary/aromatic N) is 2. The summed E-state index contributed by atoms with van der Waals surface area (Å²) < 4.78 is 0. The van der Waals surface area contributed by atoms with Crippen molar-refractivity contribution in [2.45, 2.75) is 0 Å². The van der Waals surface area contributed by atoms with Gasteiger partial charge in [0.15, 0.2) is 0 Å². The molecular formula is C12H11BN2O3. The number of rotatable bonds is 3. The Labute approximate surface area is 104 Å². The molecule has 90 valence electrons. The van der Waals surface area contributed by atoms with E-state index < -0.39 is 7.12 Å². The normalized spacial score (nSPS) is 10.8. The van der Waals surface area contributed by atoms with Gasteiger partial charge >= 0.3 is 7.12 Å². The Balaban J connectivity index is 2.32. The summed E-state index contributed by atoms with van der Waals surface area (Å²) in [4.78, 5) is 0. The van der Waals surface area contributed by atoms with Gasteiger partial charge in [-0.3, -0.25) is 0 Å². The molecule has 0 fully saturated rings. The number of hydrogen-bond donors (Lipinski definition) is 3. The van der Waals surface area contributed by atoms with E-state index in [1.165, 1.54) is 6.07 Å². The van der Waals surface area contributed by atoms with Gasteiger partial charge in [0.2, 0.25) is 0 Å². The third kappa shape index (κ3) is 2.74. The second-order valence-electron chi connectivity index (χ2n) is 3.62. The molecule has 18 heavy (non-hydrogen) atoms. The second-order valence-corrected chi connectivity index (χ2v) is 3.62. The highest BCUT2D eigenvalue weighted by atomic mass is 16.4. The molecule has 5 nitrogen and oxygen atoms in total. The van der Waals surface area contributed by atoms with Crippen molar-refractivity contribution in [2.75, 3.05) is 0 Å². The Bertz CT molecular complexity index is 573. The fraction of sp³-hybridized carbons (Fsp3) is 0. The standard InChI is InChI=1S/C12H11BN2O3/c16-12-8-4-3-7-11(12)15-14-10-6-2-1-5-9(10)13(17)18/h1-8,16-18H. The molecule has 0 unspecified atom stereocenters. The van der Waals surface area contributed by atoms with Gasteiger partial charge in [0.05, 0.1) is 5.69 Å². The summed E-state index contributed by atoms with van der Waals surface area (Å²) in [6.45, 7) is 0. The van der Waals surface area contributed by atoms with Crippen LogP contribution in [0, 0.1) is 0 Å². The summed E-state index contributed by atoms with van der Waals surface area (Å²) >= 11 is 0. The van der Waals surface area contributed by atoms with Gasteiger partial charge in [0, 0.05) is 5.46 Å². The van der Waals surface area contributed by atoms with Crippen LogP contribution in [0.15, 0.2) is 58.8 Å². The molecule has 2 rings (SSSR count). The molecule has 0 spiro atoms. The Morgan fingerprint density at radius 2 is 1.33 bits per heavy atom. The third-order valence-corrected chi connectivity index (χ3v) is 2.36. The maximum atomic E-state index is 9.51. The first-order valence-corrected chi connectivity index (χ1v) is 5.33. The predicted octanol–water partition coefficient (Wildman–Crippen LogP) is 1.49. The molecule has 0 saturated heterocycles. The number of azo groups is 1. The van der Waals surface area contributed by atoms with E-state index in [0.717, 1.165) is 0 Å². The number of phenols is 1. The van der Waals surface area contributed by atoms with Crippen LogP contribution < -0.4 is 5.46 Å². The van der Waals surface area contributed by atoms with E-state index in [4.69, 9.17) is 10.0 Å². The first-order chi connectivity index (χ1) is 8.68. The van der Waals surface area contributed by atoms with E-state index in [0.29, 0.717) is 11.4 Å². The fourth-order valence-electron chi connectivity index (χ4n) is 1.45. The van der Waals surface area contributed by atoms with Crippen molar-refractivity contribution >= 4 is 24.0 Å². The Hall–Kier alpha value is -2.18. The van der Waals surface area contributed by atoms with Crippen LogP contribution in [0.2, 0.25) is 0 Å². The van der Waals surface area contributed by atoms with E-state index in [2.05, 4.69) is 10.2 Å². The lowest BCUT2D eigenvalue weighted by atomic mass is 9.79. The molecule has 0 atom stereocenters. The predicted molar refractivity (Wildman–Crippen MR) is 68.6 cm³/mol. The van der Waals surface area contributed by atoms with Crippen LogP contribution in [0.3, 0.4) is 0 Å². The molecule has 3 N–H and O–H groups in total. The lowest BCUT2D eigenvalue weighted by Gasteiger charge is -2.02. The van der Waals surface area contributed by atoms with Crippen LogP contribution in [0.4, 0.5) is 11.4 Å². The third-order valence-electron chi connectivity index (χ3n) is 2.36. The zero-order valence-electron chi connectivity index (χ0n) is 9.43. The fourth-order valence-corrected chi connectivity index (χ4v) is 1.45. The summed E-state index contributed by atoms with van der Waals surface area (Å²) in [6, 6.07) is 13.1. The maximum Gasteiger partial charge on any atom is 0.490 e. The van der Waals surface area contributed by atoms with Crippen molar-refractivity contribution in [1.29, 1.82) is 0 Å². The number of aromatic hydroxyl groups is 1. The average Bonchev–Trinajstić information content (AvgIpc) is 2.38. The van der Waals surface area contributed by atoms with E-state index in [-0.39, 0.29) is 11.2 Å². The average molecular weight is 242 g/mol. The SMILES string of the molecule is OB(O)c1ccccc1N=Nc1ccccc1O. The van der Waals surface area contributed by atoms with Gasteiger partial charge in [-0.05, 0) is 18.2 Å². The molecule has 0 aliphatic rings. The molecule has 0 radical (unpaired) electrons. The minimum Gasteiger partial charge on any atom is -0.506 e. The van der Waals surface area contributed by atoms with Crippen LogP contribution in [-0.2, 0) is 0 Å². The van der Waals surface area contributed by atoms with Crippen LogP contribution in [0.1, 0.15) is 0 Å². The molecule has 2 aromatic carbocycles. The first-order valence-electron chi connectivity index (χ1n) is 5.33. The number of phenolic OH excluding ortho intramolecular Hbond substituents is 1. The van der Waals surface area contributed by atoms with Crippen LogP contribution in [0.25, 0.3) is 0 Å². The molecule has 6 heteroatoms. The van der Waals surface area contributed by atoms with Crippen molar-refractivity contribution in [3.05, 3.63) is 48.5 Å². The summed E-state index contributed by atoms with van der Waals surface area (Å²) in [5.41, 5.74) is 0.923. The van der Waals surface area contributed by atoms with Crippen LogP contribution >= 0.6 is 0 Å². The molecule has 0 aliphatic heterocycles. The van der Waals surface area contributed by atoms with Gasteiger partial charge in [-0.2, -0.15) is 5.11 Å². The maximum absolute atomic E-state index is 9.51. The molecule has 0 aliphatic carbocycles. The van der Waals surface area contributed by atoms with Gasteiger partial charge in [-0.1, -0.05) is 30.3 Å². The smallest absolute Gasteiger partial charge is 0.490 e. The zero-order valence-corrected chi connectivity index (χ0v) is 9.43. The highest BCUT2D eigenvalue weighted by molar-refractivity contribution is 6.60. The summed E-state index contributed by atoms with van der Waals surface area (Å²) in [6.07, 6.45) is 0. The topological polar surface area (TPSA) is 85.4 Å². The molecule has 0 amide bonds. The van der Waals surface area contributed by atoms with Crippen molar-refractivity contribution in [3.63, 3.8) is 0 Å². The highest BCUT2D eigenvalue weighted by Gasteiger charge is 2.14. The van der Waals surface area contributed by atoms with E-state index in [9.17, 15) is 5.11 Å². The van der Waals surface area contributed by atoms with Crippen molar-refractivity contribution in [2.24, 2.45) is 10.2 Å². The van der Waals surface area contributed by atoms with Gasteiger partial charge in [-0.15, -0.1) is 5.11 Å². The lowest BCUT2D eigenvalue weighted by molar-refractivity contribution is 0.426. The summed E-state index contributed by atoms with van der Waals surface area (Å²) in [7, 11) is -1.61. The summed E-state index contributed by atoms with van der Waals surface area (Å²) in [5, 5.41) is 35.6. The Morgan fingerprint density at radius 3 is 2.00 bits per heavy atom. The molecule has 0 aromatic heterocycles. The monoisotopic (exact) mass is 242 g/mol. The molecule has 0 bridgehead atoms. The number of benzene rings is 2.